The molecule has 2 heterocycles. The molecule has 0 radical (unpaired) electrons. The summed E-state index contributed by atoms with van der Waals surface area (Å²) >= 11 is 1.68. The van der Waals surface area contributed by atoms with Gasteiger partial charge < -0.3 is 4.74 Å². The number of carbonyl (C=O) groups excluding carboxylic acids is 1. The highest BCUT2D eigenvalue weighted by atomic mass is 32.1. The van der Waals surface area contributed by atoms with Crippen molar-refractivity contribution in [1.82, 2.24) is 0 Å². The van der Waals surface area contributed by atoms with Crippen LogP contribution in [0.15, 0.2) is 47.2 Å². The Labute approximate surface area is 129 Å². The second-order valence-corrected chi connectivity index (χ2v) is 6.92. The zero-order chi connectivity index (χ0) is 14.9. The van der Waals surface area contributed by atoms with Crippen LogP contribution in [0.1, 0.15) is 37.3 Å². The van der Waals surface area contributed by atoms with Crippen LogP contribution in [-0.4, -0.2) is 12.6 Å². The average Bonchev–Trinajstić information content (AvgIpc) is 3.09. The molecule has 0 saturated carbocycles. The van der Waals surface area contributed by atoms with Gasteiger partial charge in [-0.25, -0.2) is 0 Å². The smallest absolute Gasteiger partial charge is 0.317 e. The lowest BCUT2D eigenvalue weighted by Crippen LogP contribution is -2.38. The Kier molecular flexibility index (Phi) is 3.85. The summed E-state index contributed by atoms with van der Waals surface area (Å²) in [5.41, 5.74) is 1.75. The van der Waals surface area contributed by atoms with Crippen molar-refractivity contribution >= 4 is 17.3 Å². The van der Waals surface area contributed by atoms with E-state index in [0.717, 1.165) is 12.0 Å². The number of hydrogen-bond acceptors (Lipinski definition) is 3. The third-order valence-corrected chi connectivity index (χ3v) is 5.01. The maximum atomic E-state index is 12.7. The van der Waals surface area contributed by atoms with Crippen LogP contribution in [0.3, 0.4) is 0 Å². The number of thiophene rings is 1. The topological polar surface area (TPSA) is 26.3 Å². The molecule has 1 aromatic carbocycles. The lowest BCUT2D eigenvalue weighted by atomic mass is 9.65. The van der Waals surface area contributed by atoms with Crippen molar-refractivity contribution in [2.24, 2.45) is 5.92 Å². The minimum atomic E-state index is -0.545. The number of benzene rings is 1. The van der Waals surface area contributed by atoms with Gasteiger partial charge in [-0.1, -0.05) is 44.2 Å². The fraction of sp³-hybridized carbons (Fsp3) is 0.389. The molecule has 1 saturated heterocycles. The van der Waals surface area contributed by atoms with E-state index in [0.29, 0.717) is 12.5 Å². The number of cyclic esters (lactones) is 1. The number of carbonyl (C=O) groups is 1. The van der Waals surface area contributed by atoms with Gasteiger partial charge in [-0.3, -0.25) is 4.79 Å². The molecule has 110 valence electrons. The molecule has 0 unspecified atom stereocenters. The van der Waals surface area contributed by atoms with Crippen LogP contribution in [0.5, 0.6) is 0 Å². The maximum absolute atomic E-state index is 12.7. The molecule has 2 atom stereocenters. The Morgan fingerprint density at radius 3 is 2.67 bits per heavy atom. The van der Waals surface area contributed by atoms with E-state index >= 15 is 0 Å². The largest absolute Gasteiger partial charge is 0.464 e. The van der Waals surface area contributed by atoms with Crippen LogP contribution in [0.2, 0.25) is 0 Å². The highest BCUT2D eigenvalue weighted by Crippen LogP contribution is 2.49. The van der Waals surface area contributed by atoms with Crippen molar-refractivity contribution in [2.75, 3.05) is 6.61 Å². The number of hydrogen-bond donors (Lipinski definition) is 0. The number of rotatable bonds is 4. The van der Waals surface area contributed by atoms with Gasteiger partial charge in [-0.15, -0.1) is 0 Å². The van der Waals surface area contributed by atoms with Gasteiger partial charge >= 0.3 is 5.97 Å². The van der Waals surface area contributed by atoms with Crippen LogP contribution in [0.4, 0.5) is 0 Å². The molecule has 1 fully saturated rings. The molecule has 0 N–H and O–H groups in total. The van der Waals surface area contributed by atoms with Gasteiger partial charge in [0.1, 0.15) is 5.41 Å². The third-order valence-electron chi connectivity index (χ3n) is 4.30. The predicted octanol–water partition coefficient (Wildman–Crippen LogP) is 4.37. The van der Waals surface area contributed by atoms with Crippen LogP contribution in [-0.2, 0) is 14.9 Å². The molecular weight excluding hydrogens is 280 g/mol. The van der Waals surface area contributed by atoms with Crippen molar-refractivity contribution in [3.63, 3.8) is 0 Å². The zero-order valence-corrected chi connectivity index (χ0v) is 13.2. The average molecular weight is 300 g/mol. The Balaban J connectivity index is 2.14. The molecular formula is C18H20O2S. The summed E-state index contributed by atoms with van der Waals surface area (Å²) in [7, 11) is 0. The van der Waals surface area contributed by atoms with Crippen molar-refractivity contribution < 1.29 is 9.53 Å². The Hall–Kier alpha value is -1.61. The zero-order valence-electron chi connectivity index (χ0n) is 12.4. The quantitative estimate of drug-likeness (QED) is 0.784. The molecule has 0 spiro atoms. The number of esters is 1. The lowest BCUT2D eigenvalue weighted by molar-refractivity contribution is -0.143. The Morgan fingerprint density at radius 2 is 2.05 bits per heavy atom. The summed E-state index contributed by atoms with van der Waals surface area (Å²) in [6.07, 6.45) is 0.816. The highest BCUT2D eigenvalue weighted by molar-refractivity contribution is 7.08. The van der Waals surface area contributed by atoms with Crippen molar-refractivity contribution in [3.8, 4) is 0 Å². The molecule has 0 bridgehead atoms. The molecule has 2 nitrogen and oxygen atoms in total. The molecule has 3 heteroatoms. The van der Waals surface area contributed by atoms with Gasteiger partial charge in [0.05, 0.1) is 6.61 Å². The fourth-order valence-electron chi connectivity index (χ4n) is 3.47. The van der Waals surface area contributed by atoms with Crippen LogP contribution in [0, 0.1) is 5.92 Å². The second kappa shape index (κ2) is 5.64. The Morgan fingerprint density at radius 1 is 1.29 bits per heavy atom. The third kappa shape index (κ3) is 2.40. The first-order valence-electron chi connectivity index (χ1n) is 7.39. The van der Waals surface area contributed by atoms with Crippen molar-refractivity contribution in [3.05, 3.63) is 58.3 Å². The van der Waals surface area contributed by atoms with Crippen LogP contribution in [0.25, 0.3) is 0 Å². The molecule has 21 heavy (non-hydrogen) atoms. The summed E-state index contributed by atoms with van der Waals surface area (Å²) in [6, 6.07) is 12.3. The van der Waals surface area contributed by atoms with Crippen molar-refractivity contribution in [1.29, 1.82) is 0 Å². The normalized spacial score (nSPS) is 25.3. The molecule has 2 aromatic rings. The van der Waals surface area contributed by atoms with Gasteiger partial charge in [-0.05, 0) is 40.3 Å². The molecule has 1 aromatic heterocycles. The first-order valence-corrected chi connectivity index (χ1v) is 8.33. The fourth-order valence-corrected chi connectivity index (χ4v) is 4.18. The van der Waals surface area contributed by atoms with Gasteiger partial charge in [0.15, 0.2) is 0 Å². The predicted molar refractivity (Wildman–Crippen MR) is 85.6 cm³/mol. The molecule has 1 aliphatic rings. The van der Waals surface area contributed by atoms with E-state index in [1.807, 2.05) is 18.2 Å². The minimum absolute atomic E-state index is 0.0707. The van der Waals surface area contributed by atoms with Gasteiger partial charge in [0, 0.05) is 5.92 Å². The molecule has 0 aliphatic carbocycles. The number of ether oxygens (including phenoxy) is 1. The van der Waals surface area contributed by atoms with Gasteiger partial charge in [-0.2, -0.15) is 11.3 Å². The van der Waals surface area contributed by atoms with Crippen LogP contribution >= 0.6 is 11.3 Å². The van der Waals surface area contributed by atoms with E-state index in [4.69, 9.17) is 4.74 Å². The maximum Gasteiger partial charge on any atom is 0.317 e. The highest BCUT2D eigenvalue weighted by Gasteiger charge is 2.54. The Bertz CT molecular complexity index is 603. The standard InChI is InChI=1S/C18H20O2S/c1-13(2)10-18(15-6-4-3-5-7-15)16(11-20-17(18)19)14-8-9-21-12-14/h3-9,12-13,16H,10-11H2,1-2H3/t16-,18-/m0/s1. The summed E-state index contributed by atoms with van der Waals surface area (Å²) in [5.74, 6) is 0.469. The summed E-state index contributed by atoms with van der Waals surface area (Å²) in [6.45, 7) is 4.82. The van der Waals surface area contributed by atoms with E-state index in [1.165, 1.54) is 5.56 Å². The van der Waals surface area contributed by atoms with E-state index < -0.39 is 5.41 Å². The first kappa shape index (κ1) is 14.3. The van der Waals surface area contributed by atoms with E-state index in [1.54, 1.807) is 11.3 Å². The minimum Gasteiger partial charge on any atom is -0.464 e. The monoisotopic (exact) mass is 300 g/mol. The molecule has 1 aliphatic heterocycles. The summed E-state index contributed by atoms with van der Waals surface area (Å²) in [4.78, 5) is 12.7. The van der Waals surface area contributed by atoms with Gasteiger partial charge in [0.25, 0.3) is 0 Å². The van der Waals surface area contributed by atoms with E-state index in [-0.39, 0.29) is 11.9 Å². The second-order valence-electron chi connectivity index (χ2n) is 6.14. The summed E-state index contributed by atoms with van der Waals surface area (Å²) in [5, 5.41) is 4.22. The summed E-state index contributed by atoms with van der Waals surface area (Å²) < 4.78 is 5.53. The van der Waals surface area contributed by atoms with Crippen LogP contribution < -0.4 is 0 Å². The molecule has 3 rings (SSSR count). The van der Waals surface area contributed by atoms with Crippen molar-refractivity contribution in [2.45, 2.75) is 31.6 Å². The SMILES string of the molecule is CC(C)C[C@@]1(c2ccccc2)C(=O)OC[C@H]1c1ccsc1. The van der Waals surface area contributed by atoms with Gasteiger partial charge in [0.2, 0.25) is 0 Å². The van der Waals surface area contributed by atoms with E-state index in [9.17, 15) is 4.79 Å². The lowest BCUT2D eigenvalue weighted by Gasteiger charge is -2.33. The first-order chi connectivity index (χ1) is 10.1. The molecule has 0 amide bonds. The van der Waals surface area contributed by atoms with E-state index in [2.05, 4.69) is 42.8 Å².